The van der Waals surface area contributed by atoms with E-state index in [1.807, 2.05) is 72.8 Å². The van der Waals surface area contributed by atoms with E-state index < -0.39 is 12.0 Å². The number of carbonyl (C=O) groups is 2. The minimum atomic E-state index is -0.396. The molecule has 2 heterocycles. The smallest absolute Gasteiger partial charge is 0.338 e. The normalized spacial score (nSPS) is 16.9. The molecule has 0 saturated carbocycles. The molecule has 1 atom stereocenters. The molecule has 0 bridgehead atoms. The maximum atomic E-state index is 12.8. The molecule has 2 aliphatic rings. The van der Waals surface area contributed by atoms with E-state index >= 15 is 0 Å². The second-order valence-corrected chi connectivity index (χ2v) is 8.48. The van der Waals surface area contributed by atoms with Crippen molar-refractivity contribution in [3.05, 3.63) is 82.5 Å². The molecule has 0 unspecified atom stereocenters. The van der Waals surface area contributed by atoms with Crippen molar-refractivity contribution >= 4 is 34.5 Å². The fourth-order valence-electron chi connectivity index (χ4n) is 3.66. The highest BCUT2D eigenvalue weighted by molar-refractivity contribution is 8.16. The number of benzene rings is 2. The summed E-state index contributed by atoms with van der Waals surface area (Å²) in [4.78, 5) is 31.6. The number of hydrogen-bond donors (Lipinski definition) is 1. The van der Waals surface area contributed by atoms with Crippen molar-refractivity contribution in [2.24, 2.45) is 4.99 Å². The number of allylic oxidation sites excluding steroid dienone is 1. The van der Waals surface area contributed by atoms with E-state index in [1.54, 1.807) is 13.0 Å². The van der Waals surface area contributed by atoms with Crippen molar-refractivity contribution < 1.29 is 19.1 Å². The molecule has 2 aliphatic heterocycles. The summed E-state index contributed by atoms with van der Waals surface area (Å²) in [5.41, 5.74) is 3.80. The number of thioether (sulfide) groups is 1. The van der Waals surface area contributed by atoms with E-state index in [0.717, 1.165) is 22.0 Å². The van der Waals surface area contributed by atoms with Crippen molar-refractivity contribution in [3.63, 3.8) is 0 Å². The summed E-state index contributed by atoms with van der Waals surface area (Å²) >= 11 is 1.50. The summed E-state index contributed by atoms with van der Waals surface area (Å²) in [5.74, 6) is -0.109. The lowest BCUT2D eigenvalue weighted by atomic mass is 9.94. The van der Waals surface area contributed by atoms with Gasteiger partial charge in [0.2, 0.25) is 0 Å². The first-order chi connectivity index (χ1) is 16.0. The number of ether oxygens (including phenoxy) is 2. The van der Waals surface area contributed by atoms with E-state index in [0.29, 0.717) is 17.0 Å². The Balaban J connectivity index is 1.52. The molecule has 1 amide bonds. The summed E-state index contributed by atoms with van der Waals surface area (Å²) in [6, 6.07) is 14.6. The fourth-order valence-corrected chi connectivity index (χ4v) is 4.45. The first-order valence-electron chi connectivity index (χ1n) is 10.6. The molecule has 0 fully saturated rings. The molecule has 4 rings (SSSR count). The Bertz CT molecular complexity index is 1150. The van der Waals surface area contributed by atoms with Crippen LogP contribution in [-0.2, 0) is 14.3 Å². The highest BCUT2D eigenvalue weighted by Crippen LogP contribution is 2.41. The molecule has 0 radical (unpaired) electrons. The molecule has 8 heteroatoms. The van der Waals surface area contributed by atoms with Crippen LogP contribution >= 0.6 is 11.8 Å². The Morgan fingerprint density at radius 2 is 1.94 bits per heavy atom. The molecule has 0 aliphatic carbocycles. The SMILES string of the molecule is CCOC(=O)C1=C(C)N=C2SC=CN2[C@H]1c1cccc(OCC(=O)Nc2ccc(C)cc2)c1. The van der Waals surface area contributed by atoms with Crippen LogP contribution < -0.4 is 10.1 Å². The number of aliphatic imine (C=N–C) groups is 1. The molecule has 170 valence electrons. The van der Waals surface area contributed by atoms with Crippen LogP contribution in [0.4, 0.5) is 5.69 Å². The summed E-state index contributed by atoms with van der Waals surface area (Å²) in [6.45, 7) is 5.74. The van der Waals surface area contributed by atoms with E-state index in [-0.39, 0.29) is 19.1 Å². The van der Waals surface area contributed by atoms with Gasteiger partial charge in [0.1, 0.15) is 5.75 Å². The molecule has 2 aromatic carbocycles. The third-order valence-corrected chi connectivity index (χ3v) is 5.97. The standard InChI is InChI=1S/C25H25N3O4S/c1-4-31-24(30)22-17(3)26-25-28(12-13-33-25)23(22)18-6-5-7-20(14-18)32-15-21(29)27-19-10-8-16(2)9-11-19/h5-14,23H,4,15H2,1-3H3,(H,27,29)/t23-/m0/s1. The summed E-state index contributed by atoms with van der Waals surface area (Å²) in [6.07, 6.45) is 1.91. The summed E-state index contributed by atoms with van der Waals surface area (Å²) in [5, 5.41) is 5.55. The van der Waals surface area contributed by atoms with Crippen molar-refractivity contribution in [3.8, 4) is 5.75 Å². The molecular weight excluding hydrogens is 438 g/mol. The third kappa shape index (κ3) is 5.12. The van der Waals surface area contributed by atoms with Crippen molar-refractivity contribution in [1.82, 2.24) is 4.90 Å². The highest BCUT2D eigenvalue weighted by Gasteiger charge is 2.37. The van der Waals surface area contributed by atoms with E-state index in [1.165, 1.54) is 11.8 Å². The first-order valence-corrected chi connectivity index (χ1v) is 11.5. The maximum absolute atomic E-state index is 12.8. The Labute approximate surface area is 197 Å². The van der Waals surface area contributed by atoms with Crippen molar-refractivity contribution in [2.75, 3.05) is 18.5 Å². The zero-order chi connectivity index (χ0) is 23.4. The maximum Gasteiger partial charge on any atom is 0.338 e. The average Bonchev–Trinajstić information content (AvgIpc) is 3.26. The van der Waals surface area contributed by atoms with Gasteiger partial charge in [-0.15, -0.1) is 0 Å². The largest absolute Gasteiger partial charge is 0.484 e. The third-order valence-electron chi connectivity index (χ3n) is 5.19. The van der Waals surface area contributed by atoms with Crippen LogP contribution in [0.3, 0.4) is 0 Å². The molecule has 0 spiro atoms. The summed E-state index contributed by atoms with van der Waals surface area (Å²) in [7, 11) is 0. The molecular formula is C25H25N3O4S. The van der Waals surface area contributed by atoms with Gasteiger partial charge in [0.15, 0.2) is 11.8 Å². The predicted octanol–water partition coefficient (Wildman–Crippen LogP) is 4.78. The lowest BCUT2D eigenvalue weighted by molar-refractivity contribution is -0.139. The van der Waals surface area contributed by atoms with Crippen LogP contribution in [0, 0.1) is 6.92 Å². The van der Waals surface area contributed by atoms with Crippen molar-refractivity contribution in [2.45, 2.75) is 26.8 Å². The highest BCUT2D eigenvalue weighted by atomic mass is 32.2. The van der Waals surface area contributed by atoms with Crippen molar-refractivity contribution in [1.29, 1.82) is 0 Å². The Hall–Kier alpha value is -3.52. The lowest BCUT2D eigenvalue weighted by Gasteiger charge is -2.33. The van der Waals surface area contributed by atoms with Crippen LogP contribution in [0.15, 0.2) is 76.4 Å². The predicted molar refractivity (Wildman–Crippen MR) is 130 cm³/mol. The molecule has 0 saturated heterocycles. The Morgan fingerprint density at radius 1 is 1.15 bits per heavy atom. The van der Waals surface area contributed by atoms with Crippen LogP contribution in [0.5, 0.6) is 5.75 Å². The number of fused-ring (bicyclic) bond motifs is 1. The van der Waals surface area contributed by atoms with Crippen LogP contribution in [0.25, 0.3) is 0 Å². The number of aryl methyl sites for hydroxylation is 1. The van der Waals surface area contributed by atoms with Gasteiger partial charge in [-0.1, -0.05) is 41.6 Å². The Morgan fingerprint density at radius 3 is 2.70 bits per heavy atom. The molecule has 2 aromatic rings. The first kappa shape index (κ1) is 22.7. The number of nitrogens with zero attached hydrogens (tertiary/aromatic N) is 2. The molecule has 33 heavy (non-hydrogen) atoms. The van der Waals surface area contributed by atoms with E-state index in [2.05, 4.69) is 10.3 Å². The van der Waals surface area contributed by atoms with Gasteiger partial charge in [-0.05, 0) is 56.0 Å². The fraction of sp³-hybridized carbons (Fsp3) is 0.240. The minimum absolute atomic E-state index is 0.131. The molecule has 7 nitrogen and oxygen atoms in total. The number of anilines is 1. The Kier molecular flexibility index (Phi) is 6.84. The van der Waals surface area contributed by atoms with Crippen LogP contribution in [0.1, 0.15) is 31.0 Å². The zero-order valence-corrected chi connectivity index (χ0v) is 19.5. The van der Waals surface area contributed by atoms with E-state index in [4.69, 9.17) is 9.47 Å². The topological polar surface area (TPSA) is 80.2 Å². The second-order valence-electron chi connectivity index (χ2n) is 7.60. The molecule has 1 N–H and O–H groups in total. The number of amides is 1. The van der Waals surface area contributed by atoms with Gasteiger partial charge in [0.25, 0.3) is 5.91 Å². The van der Waals surface area contributed by atoms with Gasteiger partial charge >= 0.3 is 5.97 Å². The monoisotopic (exact) mass is 463 g/mol. The lowest BCUT2D eigenvalue weighted by Crippen LogP contribution is -2.34. The number of carbonyl (C=O) groups excluding carboxylic acids is 2. The average molecular weight is 464 g/mol. The quantitative estimate of drug-likeness (QED) is 0.595. The van der Waals surface area contributed by atoms with Gasteiger partial charge in [0, 0.05) is 11.9 Å². The number of hydrogen-bond acceptors (Lipinski definition) is 7. The van der Waals surface area contributed by atoms with Gasteiger partial charge in [-0.2, -0.15) is 0 Å². The van der Waals surface area contributed by atoms with Gasteiger partial charge in [-0.25, -0.2) is 9.79 Å². The van der Waals surface area contributed by atoms with E-state index in [9.17, 15) is 9.59 Å². The molecule has 0 aromatic heterocycles. The zero-order valence-electron chi connectivity index (χ0n) is 18.7. The number of nitrogens with one attached hydrogen (secondary N) is 1. The number of esters is 1. The van der Waals surface area contributed by atoms with Crippen LogP contribution in [0.2, 0.25) is 0 Å². The van der Waals surface area contributed by atoms with Gasteiger partial charge in [0.05, 0.1) is 23.9 Å². The minimum Gasteiger partial charge on any atom is -0.484 e. The number of rotatable bonds is 7. The second kappa shape index (κ2) is 9.95. The summed E-state index contributed by atoms with van der Waals surface area (Å²) < 4.78 is 11.1. The van der Waals surface area contributed by atoms with Gasteiger partial charge in [-0.3, -0.25) is 4.79 Å². The van der Waals surface area contributed by atoms with Gasteiger partial charge < -0.3 is 19.7 Å². The number of amidine groups is 1. The van der Waals surface area contributed by atoms with Crippen LogP contribution in [-0.4, -0.2) is 35.2 Å².